The van der Waals surface area contributed by atoms with Crippen molar-refractivity contribution >= 4 is 17.7 Å². The number of carbonyl (C=O) groups is 2. The maximum atomic E-state index is 11.9. The second-order valence-electron chi connectivity index (χ2n) is 5.13. The summed E-state index contributed by atoms with van der Waals surface area (Å²) >= 11 is 0. The van der Waals surface area contributed by atoms with E-state index in [1.165, 1.54) is 17.5 Å². The van der Waals surface area contributed by atoms with E-state index in [-0.39, 0.29) is 18.4 Å². The number of hydrogen-bond donors (Lipinski definition) is 2. The summed E-state index contributed by atoms with van der Waals surface area (Å²) in [7, 11) is 0. The average Bonchev–Trinajstić information content (AvgIpc) is 3.17. The maximum absolute atomic E-state index is 11.9. The smallest absolute Gasteiger partial charge is 0.325 e. The first kappa shape index (κ1) is 11.3. The number of nitrogens with zero attached hydrogens (tertiary/aromatic N) is 2. The molecule has 2 fully saturated rings. The summed E-state index contributed by atoms with van der Waals surface area (Å²) in [5.41, 5.74) is 0. The molecule has 3 rings (SSSR count). The third-order valence-corrected chi connectivity index (χ3v) is 3.59. The number of rotatable bonds is 5. The number of aromatic nitrogens is 2. The fourth-order valence-corrected chi connectivity index (χ4v) is 2.44. The number of nitrogens with one attached hydrogen (secondary N) is 1. The van der Waals surface area contributed by atoms with E-state index in [4.69, 9.17) is 5.11 Å². The van der Waals surface area contributed by atoms with Crippen LogP contribution in [0.2, 0.25) is 0 Å². The Bertz CT molecular complexity index is 493. The van der Waals surface area contributed by atoms with Crippen molar-refractivity contribution in [3.05, 3.63) is 12.3 Å². The molecule has 1 amide bonds. The van der Waals surface area contributed by atoms with Gasteiger partial charge in [0.25, 0.3) is 0 Å². The summed E-state index contributed by atoms with van der Waals surface area (Å²) in [6.45, 7) is -0.190. The molecular weight excluding hydrogens is 234 g/mol. The number of carboxylic acid groups (broad SMARTS) is 1. The van der Waals surface area contributed by atoms with Crippen molar-refractivity contribution < 1.29 is 14.7 Å². The van der Waals surface area contributed by atoms with Crippen LogP contribution < -0.4 is 5.32 Å². The zero-order valence-corrected chi connectivity index (χ0v) is 9.87. The number of anilines is 1. The molecule has 0 spiro atoms. The standard InChI is InChI=1S/C12H15N3O3/c16-11(17)6-15-4-3-10(14-15)13-12(18)9-5-8(9)7-1-2-7/h3-4,7-9H,1-2,5-6H2,(H,16,17)(H,13,14,18). The van der Waals surface area contributed by atoms with Crippen LogP contribution in [0.25, 0.3) is 0 Å². The normalized spacial score (nSPS) is 25.8. The van der Waals surface area contributed by atoms with Gasteiger partial charge in [0.2, 0.25) is 5.91 Å². The highest BCUT2D eigenvalue weighted by Crippen LogP contribution is 2.54. The van der Waals surface area contributed by atoms with Gasteiger partial charge in [-0.2, -0.15) is 5.10 Å². The first-order valence-corrected chi connectivity index (χ1v) is 6.19. The van der Waals surface area contributed by atoms with E-state index in [1.54, 1.807) is 12.3 Å². The van der Waals surface area contributed by atoms with E-state index in [0.29, 0.717) is 11.7 Å². The van der Waals surface area contributed by atoms with Crippen LogP contribution in [0.1, 0.15) is 19.3 Å². The molecule has 1 aromatic heterocycles. The molecule has 2 aliphatic carbocycles. The Kier molecular flexibility index (Phi) is 2.57. The van der Waals surface area contributed by atoms with Crippen molar-refractivity contribution in [3.8, 4) is 0 Å². The average molecular weight is 249 g/mol. The first-order valence-electron chi connectivity index (χ1n) is 6.19. The van der Waals surface area contributed by atoms with Gasteiger partial charge in [-0.1, -0.05) is 0 Å². The molecule has 2 N–H and O–H groups in total. The first-order chi connectivity index (χ1) is 8.63. The molecule has 6 nitrogen and oxygen atoms in total. The molecule has 0 saturated heterocycles. The Morgan fingerprint density at radius 3 is 2.94 bits per heavy atom. The Morgan fingerprint density at radius 2 is 2.28 bits per heavy atom. The van der Waals surface area contributed by atoms with Crippen molar-refractivity contribution in [2.45, 2.75) is 25.8 Å². The van der Waals surface area contributed by atoms with Gasteiger partial charge >= 0.3 is 5.97 Å². The van der Waals surface area contributed by atoms with Crippen LogP contribution in [0.3, 0.4) is 0 Å². The fraction of sp³-hybridized carbons (Fsp3) is 0.583. The second kappa shape index (κ2) is 4.12. The zero-order chi connectivity index (χ0) is 12.7. The van der Waals surface area contributed by atoms with Crippen LogP contribution >= 0.6 is 0 Å². The predicted molar refractivity (Wildman–Crippen MR) is 62.8 cm³/mol. The largest absolute Gasteiger partial charge is 0.480 e. The van der Waals surface area contributed by atoms with Gasteiger partial charge in [-0.15, -0.1) is 0 Å². The Labute approximate surface area is 104 Å². The van der Waals surface area contributed by atoms with Gasteiger partial charge in [-0.3, -0.25) is 14.3 Å². The van der Waals surface area contributed by atoms with Gasteiger partial charge in [0.15, 0.2) is 5.82 Å². The summed E-state index contributed by atoms with van der Waals surface area (Å²) in [5, 5.41) is 15.3. The van der Waals surface area contributed by atoms with Crippen molar-refractivity contribution in [1.29, 1.82) is 0 Å². The molecule has 2 atom stereocenters. The van der Waals surface area contributed by atoms with Gasteiger partial charge in [0, 0.05) is 18.2 Å². The summed E-state index contributed by atoms with van der Waals surface area (Å²) in [5.74, 6) is 0.987. The number of carboxylic acids is 1. The van der Waals surface area contributed by atoms with Crippen molar-refractivity contribution in [2.24, 2.45) is 17.8 Å². The van der Waals surface area contributed by atoms with E-state index < -0.39 is 5.97 Å². The summed E-state index contributed by atoms with van der Waals surface area (Å²) in [6, 6.07) is 1.62. The minimum absolute atomic E-state index is 0.0208. The van der Waals surface area contributed by atoms with Crippen LogP contribution in [0, 0.1) is 17.8 Å². The Balaban J connectivity index is 1.54. The number of amides is 1. The maximum Gasteiger partial charge on any atom is 0.325 e. The Hall–Kier alpha value is -1.85. The van der Waals surface area contributed by atoms with E-state index in [1.807, 2.05) is 0 Å². The molecule has 2 saturated carbocycles. The molecule has 0 radical (unpaired) electrons. The van der Waals surface area contributed by atoms with Crippen molar-refractivity contribution in [3.63, 3.8) is 0 Å². The number of carbonyl (C=O) groups excluding carboxylic acids is 1. The minimum atomic E-state index is -0.952. The molecule has 0 aromatic carbocycles. The number of aliphatic carboxylic acids is 1. The molecular formula is C12H15N3O3. The van der Waals surface area contributed by atoms with Gasteiger partial charge in [0.1, 0.15) is 6.54 Å². The molecule has 6 heteroatoms. The van der Waals surface area contributed by atoms with Gasteiger partial charge < -0.3 is 10.4 Å². The highest BCUT2D eigenvalue weighted by molar-refractivity contribution is 5.93. The molecule has 2 aliphatic rings. The lowest BCUT2D eigenvalue weighted by molar-refractivity contribution is -0.137. The molecule has 2 unspecified atom stereocenters. The van der Waals surface area contributed by atoms with E-state index in [0.717, 1.165) is 12.3 Å². The monoisotopic (exact) mass is 249 g/mol. The molecule has 0 bridgehead atoms. The lowest BCUT2D eigenvalue weighted by Gasteiger charge is -2.00. The zero-order valence-electron chi connectivity index (χ0n) is 9.87. The molecule has 18 heavy (non-hydrogen) atoms. The highest BCUT2D eigenvalue weighted by Gasteiger charge is 2.51. The topological polar surface area (TPSA) is 84.2 Å². The second-order valence-corrected chi connectivity index (χ2v) is 5.13. The van der Waals surface area contributed by atoms with E-state index in [2.05, 4.69) is 10.4 Å². The minimum Gasteiger partial charge on any atom is -0.480 e. The van der Waals surface area contributed by atoms with Crippen LogP contribution in [0.4, 0.5) is 5.82 Å². The quantitative estimate of drug-likeness (QED) is 0.813. The lowest BCUT2D eigenvalue weighted by Crippen LogP contribution is -2.16. The number of hydrogen-bond acceptors (Lipinski definition) is 3. The molecule has 1 heterocycles. The summed E-state index contributed by atoms with van der Waals surface area (Å²) in [6.07, 6.45) is 5.07. The van der Waals surface area contributed by atoms with Gasteiger partial charge in [-0.25, -0.2) is 0 Å². The van der Waals surface area contributed by atoms with Crippen LogP contribution in [0.15, 0.2) is 12.3 Å². The van der Waals surface area contributed by atoms with Gasteiger partial charge in [0.05, 0.1) is 0 Å². The van der Waals surface area contributed by atoms with Gasteiger partial charge in [-0.05, 0) is 31.1 Å². The van der Waals surface area contributed by atoms with E-state index >= 15 is 0 Å². The summed E-state index contributed by atoms with van der Waals surface area (Å²) < 4.78 is 1.29. The SMILES string of the molecule is O=C(O)Cn1ccc(NC(=O)C2CC2C2CC2)n1. The molecule has 96 valence electrons. The van der Waals surface area contributed by atoms with E-state index in [9.17, 15) is 9.59 Å². The predicted octanol–water partition coefficient (Wildman–Crippen LogP) is 0.952. The third kappa shape index (κ3) is 2.37. The fourth-order valence-electron chi connectivity index (χ4n) is 2.44. The van der Waals surface area contributed by atoms with Crippen molar-refractivity contribution in [1.82, 2.24) is 9.78 Å². The lowest BCUT2D eigenvalue weighted by atomic mass is 10.2. The highest BCUT2D eigenvalue weighted by atomic mass is 16.4. The van der Waals surface area contributed by atoms with Crippen LogP contribution in [-0.2, 0) is 16.1 Å². The Morgan fingerprint density at radius 1 is 1.50 bits per heavy atom. The van der Waals surface area contributed by atoms with Crippen LogP contribution in [-0.4, -0.2) is 26.8 Å². The molecule has 0 aliphatic heterocycles. The molecule has 1 aromatic rings. The summed E-state index contributed by atoms with van der Waals surface area (Å²) in [4.78, 5) is 22.4. The van der Waals surface area contributed by atoms with Crippen LogP contribution in [0.5, 0.6) is 0 Å². The third-order valence-electron chi connectivity index (χ3n) is 3.59. The van der Waals surface area contributed by atoms with Crippen molar-refractivity contribution in [2.75, 3.05) is 5.32 Å².